The Morgan fingerprint density at radius 2 is 1.85 bits per heavy atom. The van der Waals surface area contributed by atoms with E-state index in [9.17, 15) is 4.79 Å². The summed E-state index contributed by atoms with van der Waals surface area (Å²) in [6.07, 6.45) is 1.59. The van der Waals surface area contributed by atoms with Gasteiger partial charge in [0.1, 0.15) is 11.9 Å². The molecule has 1 amide bonds. The summed E-state index contributed by atoms with van der Waals surface area (Å²) in [6.45, 7) is 0.481. The number of halogens is 1. The molecule has 0 saturated carbocycles. The lowest BCUT2D eigenvalue weighted by Crippen LogP contribution is -2.39. The maximum Gasteiger partial charge on any atom is 0.244 e. The maximum absolute atomic E-state index is 12.1. The third-order valence-corrected chi connectivity index (χ3v) is 3.76. The average Bonchev–Trinajstić information content (AvgIpc) is 3.07. The first-order valence-electron chi connectivity index (χ1n) is 7.90. The van der Waals surface area contributed by atoms with E-state index in [2.05, 4.69) is 10.4 Å². The highest BCUT2D eigenvalue weighted by Crippen LogP contribution is 2.40. The van der Waals surface area contributed by atoms with Gasteiger partial charge in [0.2, 0.25) is 11.7 Å². The fraction of sp³-hybridized carbons (Fsp3) is 0.412. The fourth-order valence-electron chi connectivity index (χ4n) is 2.49. The lowest BCUT2D eigenvalue weighted by atomic mass is 10.1. The monoisotopic (exact) mass is 400 g/mol. The normalized spacial score (nSPS) is 11.3. The number of nitrogens with two attached hydrogens (primary N) is 1. The Bertz CT molecular complexity index is 753. The van der Waals surface area contributed by atoms with Crippen molar-refractivity contribution in [2.45, 2.75) is 12.6 Å². The van der Waals surface area contributed by atoms with Crippen LogP contribution in [-0.2, 0) is 16.1 Å². The quantitative estimate of drug-likeness (QED) is 0.652. The molecule has 0 radical (unpaired) electrons. The smallest absolute Gasteiger partial charge is 0.244 e. The Hall–Kier alpha value is -2.49. The zero-order valence-electron chi connectivity index (χ0n) is 15.7. The van der Waals surface area contributed by atoms with Crippen molar-refractivity contribution in [2.24, 2.45) is 5.73 Å². The number of ether oxygens (including phenoxy) is 4. The average molecular weight is 401 g/mol. The molecule has 0 bridgehead atoms. The number of aromatic nitrogens is 2. The minimum atomic E-state index is -0.765. The fourth-order valence-corrected chi connectivity index (χ4v) is 2.49. The van der Waals surface area contributed by atoms with E-state index in [1.807, 2.05) is 6.07 Å². The van der Waals surface area contributed by atoms with E-state index in [4.69, 9.17) is 24.7 Å². The molecule has 0 spiro atoms. The lowest BCUT2D eigenvalue weighted by Gasteiger charge is -2.17. The summed E-state index contributed by atoms with van der Waals surface area (Å²) in [5.41, 5.74) is 6.56. The number of rotatable bonds is 9. The van der Waals surface area contributed by atoms with E-state index >= 15 is 0 Å². The maximum atomic E-state index is 12.1. The predicted octanol–water partition coefficient (Wildman–Crippen LogP) is 1.29. The second kappa shape index (κ2) is 10.6. The summed E-state index contributed by atoms with van der Waals surface area (Å²) in [4.78, 5) is 12.1. The van der Waals surface area contributed by atoms with E-state index in [0.29, 0.717) is 29.6 Å². The van der Waals surface area contributed by atoms with Gasteiger partial charge in [0.05, 0.1) is 40.7 Å². The Morgan fingerprint density at radius 3 is 2.44 bits per heavy atom. The van der Waals surface area contributed by atoms with E-state index in [1.54, 1.807) is 44.3 Å². The van der Waals surface area contributed by atoms with Crippen molar-refractivity contribution in [1.29, 1.82) is 0 Å². The van der Waals surface area contributed by atoms with Crippen LogP contribution in [0.4, 0.5) is 5.82 Å². The molecular formula is C17H25ClN4O5. The molecule has 1 aromatic carbocycles. The third kappa shape index (κ3) is 5.25. The van der Waals surface area contributed by atoms with Crippen LogP contribution in [0, 0.1) is 0 Å². The number of amides is 1. The number of nitrogens with zero attached hydrogens (tertiary/aromatic N) is 2. The SMILES string of the molecule is COCC(N)C(=O)Nc1ccnn1Cc1ccc(OC)c(OC)c1OC.Cl. The second-order valence-corrected chi connectivity index (χ2v) is 5.42. The van der Waals surface area contributed by atoms with Gasteiger partial charge >= 0.3 is 0 Å². The van der Waals surface area contributed by atoms with Gasteiger partial charge in [0.25, 0.3) is 0 Å². The lowest BCUT2D eigenvalue weighted by molar-refractivity contribution is -0.118. The van der Waals surface area contributed by atoms with E-state index in [-0.39, 0.29) is 24.9 Å². The van der Waals surface area contributed by atoms with Crippen LogP contribution >= 0.6 is 12.4 Å². The van der Waals surface area contributed by atoms with Crippen LogP contribution in [-0.4, -0.2) is 56.8 Å². The van der Waals surface area contributed by atoms with Crippen LogP contribution in [0.1, 0.15) is 5.56 Å². The molecule has 27 heavy (non-hydrogen) atoms. The number of nitrogens with one attached hydrogen (secondary N) is 1. The Labute approximate surface area is 164 Å². The molecule has 0 saturated heterocycles. The first kappa shape index (κ1) is 22.6. The Balaban J connectivity index is 0.00000364. The topological polar surface area (TPSA) is 110 Å². The molecule has 0 fully saturated rings. The summed E-state index contributed by atoms with van der Waals surface area (Å²) in [5, 5.41) is 6.99. The van der Waals surface area contributed by atoms with Crippen LogP contribution < -0.4 is 25.3 Å². The molecule has 3 N–H and O–H groups in total. The zero-order valence-corrected chi connectivity index (χ0v) is 16.5. The largest absolute Gasteiger partial charge is 0.493 e. The van der Waals surface area contributed by atoms with Crippen molar-refractivity contribution in [2.75, 3.05) is 40.4 Å². The van der Waals surface area contributed by atoms with Gasteiger partial charge < -0.3 is 30.0 Å². The molecule has 0 aliphatic carbocycles. The molecule has 2 rings (SSSR count). The first-order chi connectivity index (χ1) is 12.5. The van der Waals surface area contributed by atoms with Crippen molar-refractivity contribution < 1.29 is 23.7 Å². The van der Waals surface area contributed by atoms with Crippen LogP contribution in [0.15, 0.2) is 24.4 Å². The highest BCUT2D eigenvalue weighted by Gasteiger charge is 2.19. The van der Waals surface area contributed by atoms with Crippen LogP contribution in [0.25, 0.3) is 0 Å². The minimum Gasteiger partial charge on any atom is -0.493 e. The van der Waals surface area contributed by atoms with Crippen molar-refractivity contribution in [3.63, 3.8) is 0 Å². The summed E-state index contributed by atoms with van der Waals surface area (Å²) in [6, 6.07) is 4.56. The molecule has 1 atom stereocenters. The van der Waals surface area contributed by atoms with Gasteiger partial charge in [-0.1, -0.05) is 0 Å². The molecule has 0 aliphatic rings. The van der Waals surface area contributed by atoms with Crippen molar-refractivity contribution >= 4 is 24.1 Å². The van der Waals surface area contributed by atoms with Crippen LogP contribution in [0.3, 0.4) is 0 Å². The van der Waals surface area contributed by atoms with E-state index in [0.717, 1.165) is 5.56 Å². The molecule has 1 heterocycles. The molecule has 1 unspecified atom stereocenters. The van der Waals surface area contributed by atoms with Gasteiger partial charge in [0.15, 0.2) is 11.5 Å². The zero-order chi connectivity index (χ0) is 19.1. The van der Waals surface area contributed by atoms with Crippen LogP contribution in [0.2, 0.25) is 0 Å². The Morgan fingerprint density at radius 1 is 1.15 bits per heavy atom. The molecular weight excluding hydrogens is 376 g/mol. The summed E-state index contributed by atoms with van der Waals surface area (Å²) in [7, 11) is 6.14. The van der Waals surface area contributed by atoms with Gasteiger partial charge in [-0.15, -0.1) is 12.4 Å². The van der Waals surface area contributed by atoms with Crippen molar-refractivity contribution in [1.82, 2.24) is 9.78 Å². The molecule has 150 valence electrons. The number of carbonyl (C=O) groups is 1. The molecule has 10 heteroatoms. The molecule has 0 aliphatic heterocycles. The number of anilines is 1. The van der Waals surface area contributed by atoms with Crippen molar-refractivity contribution in [3.8, 4) is 17.2 Å². The molecule has 1 aromatic heterocycles. The number of methoxy groups -OCH3 is 4. The van der Waals surface area contributed by atoms with Gasteiger partial charge in [-0.3, -0.25) is 4.79 Å². The highest BCUT2D eigenvalue weighted by molar-refractivity contribution is 5.94. The summed E-state index contributed by atoms with van der Waals surface area (Å²) in [5.74, 6) is 1.75. The van der Waals surface area contributed by atoms with E-state index in [1.165, 1.54) is 7.11 Å². The van der Waals surface area contributed by atoms with Gasteiger partial charge in [-0.05, 0) is 12.1 Å². The Kier molecular flexibility index (Phi) is 8.86. The predicted molar refractivity (Wildman–Crippen MR) is 103 cm³/mol. The third-order valence-electron chi connectivity index (χ3n) is 3.76. The number of benzene rings is 1. The van der Waals surface area contributed by atoms with Crippen LogP contribution in [0.5, 0.6) is 17.2 Å². The number of hydrogen-bond acceptors (Lipinski definition) is 7. The minimum absolute atomic E-state index is 0. The molecule has 2 aromatic rings. The highest BCUT2D eigenvalue weighted by atomic mass is 35.5. The summed E-state index contributed by atoms with van der Waals surface area (Å²) >= 11 is 0. The van der Waals surface area contributed by atoms with Gasteiger partial charge in [0, 0.05) is 18.7 Å². The molecule has 9 nitrogen and oxygen atoms in total. The van der Waals surface area contributed by atoms with E-state index < -0.39 is 6.04 Å². The number of carbonyl (C=O) groups excluding carboxylic acids is 1. The standard InChI is InChI=1S/C17H24N4O5.ClH/c1-23-10-12(18)17(22)20-14-7-8-19-21(14)9-11-5-6-13(24-2)16(26-4)15(11)25-3;/h5-8,12H,9-10,18H2,1-4H3,(H,20,22);1H. The summed E-state index contributed by atoms with van der Waals surface area (Å²) < 4.78 is 22.7. The van der Waals surface area contributed by atoms with Gasteiger partial charge in [-0.25, -0.2) is 4.68 Å². The second-order valence-electron chi connectivity index (χ2n) is 5.42. The van der Waals surface area contributed by atoms with Gasteiger partial charge in [-0.2, -0.15) is 5.10 Å². The number of hydrogen-bond donors (Lipinski definition) is 2. The first-order valence-corrected chi connectivity index (χ1v) is 7.90. The van der Waals surface area contributed by atoms with Crippen molar-refractivity contribution in [3.05, 3.63) is 30.0 Å².